The molecule has 0 saturated carbocycles. The van der Waals surface area contributed by atoms with Crippen molar-refractivity contribution >= 4 is 10.0 Å². The van der Waals surface area contributed by atoms with Gasteiger partial charge in [-0.25, -0.2) is 13.6 Å². The summed E-state index contributed by atoms with van der Waals surface area (Å²) in [6.07, 6.45) is 0. The molecule has 4 N–H and O–H groups in total. The topological polar surface area (TPSA) is 102 Å². The molecule has 0 aromatic heterocycles. The predicted molar refractivity (Wildman–Crippen MR) is 64.3 cm³/mol. The van der Waals surface area contributed by atoms with Gasteiger partial charge in [0.2, 0.25) is 10.0 Å². The van der Waals surface area contributed by atoms with Gasteiger partial charge in [-0.3, -0.25) is 0 Å². The molecule has 0 aliphatic carbocycles. The molecule has 1 aromatic carbocycles. The number of nitrogens with one attached hydrogen (secondary N) is 1. The van der Waals surface area contributed by atoms with E-state index in [1.807, 2.05) is 0 Å². The predicted octanol–water partition coefficient (Wildman–Crippen LogP) is -0.221. The zero-order valence-electron chi connectivity index (χ0n) is 9.51. The third-order valence-electron chi connectivity index (χ3n) is 2.17. The van der Waals surface area contributed by atoms with Crippen LogP contribution in [0.2, 0.25) is 0 Å². The summed E-state index contributed by atoms with van der Waals surface area (Å²) in [5.74, 6) is 0.535. The zero-order valence-corrected chi connectivity index (χ0v) is 10.3. The summed E-state index contributed by atoms with van der Waals surface area (Å²) in [7, 11) is -1.93. The molecule has 0 atom stereocenters. The highest BCUT2D eigenvalue weighted by Gasteiger charge is 2.04. The monoisotopic (exact) mass is 260 g/mol. The van der Waals surface area contributed by atoms with E-state index in [2.05, 4.69) is 5.32 Å². The third kappa shape index (κ3) is 5.03. The van der Waals surface area contributed by atoms with Gasteiger partial charge in [-0.2, -0.15) is 0 Å². The van der Waals surface area contributed by atoms with Crippen LogP contribution < -0.4 is 15.2 Å². The van der Waals surface area contributed by atoms with Gasteiger partial charge in [0.25, 0.3) is 0 Å². The average Bonchev–Trinajstić information content (AvgIpc) is 2.24. The molecule has 0 aliphatic heterocycles. The van der Waals surface area contributed by atoms with Crippen LogP contribution >= 0.6 is 0 Å². The summed E-state index contributed by atoms with van der Waals surface area (Å²) in [4.78, 5) is 0. The molecule has 0 bridgehead atoms. The summed E-state index contributed by atoms with van der Waals surface area (Å²) in [5, 5.41) is 17.3. The Morgan fingerprint density at radius 3 is 2.71 bits per heavy atom. The molecule has 17 heavy (non-hydrogen) atoms. The van der Waals surface area contributed by atoms with Gasteiger partial charge in [0, 0.05) is 24.7 Å². The van der Waals surface area contributed by atoms with Crippen LogP contribution in [0.15, 0.2) is 18.2 Å². The second kappa shape index (κ2) is 5.85. The number of sulfonamides is 1. The van der Waals surface area contributed by atoms with Crippen molar-refractivity contribution in [2.75, 3.05) is 19.4 Å². The number of rotatable bonds is 6. The van der Waals surface area contributed by atoms with Crippen molar-refractivity contribution in [2.24, 2.45) is 5.14 Å². The van der Waals surface area contributed by atoms with E-state index in [1.165, 1.54) is 13.2 Å². The van der Waals surface area contributed by atoms with Gasteiger partial charge in [0.05, 0.1) is 12.9 Å². The number of nitrogens with two attached hydrogens (primary N) is 1. The van der Waals surface area contributed by atoms with Crippen molar-refractivity contribution in [2.45, 2.75) is 6.54 Å². The largest absolute Gasteiger partial charge is 0.507 e. The van der Waals surface area contributed by atoms with Crippen LogP contribution in [0, 0.1) is 0 Å². The highest BCUT2D eigenvalue weighted by molar-refractivity contribution is 7.89. The van der Waals surface area contributed by atoms with Gasteiger partial charge in [0.15, 0.2) is 0 Å². The Kier molecular flexibility index (Phi) is 4.73. The molecular weight excluding hydrogens is 244 g/mol. The number of benzene rings is 1. The van der Waals surface area contributed by atoms with Crippen molar-refractivity contribution in [3.63, 3.8) is 0 Å². The van der Waals surface area contributed by atoms with E-state index in [-0.39, 0.29) is 18.0 Å². The van der Waals surface area contributed by atoms with E-state index in [0.717, 1.165) is 0 Å². The van der Waals surface area contributed by atoms with E-state index in [1.54, 1.807) is 12.1 Å². The van der Waals surface area contributed by atoms with E-state index < -0.39 is 10.0 Å². The summed E-state index contributed by atoms with van der Waals surface area (Å²) in [6, 6.07) is 4.92. The second-order valence-corrected chi connectivity index (χ2v) is 5.27. The fourth-order valence-corrected chi connectivity index (χ4v) is 1.69. The zero-order chi connectivity index (χ0) is 12.9. The molecular formula is C10H16N2O4S. The van der Waals surface area contributed by atoms with Crippen molar-refractivity contribution in [1.82, 2.24) is 5.32 Å². The summed E-state index contributed by atoms with van der Waals surface area (Å²) < 4.78 is 26.3. The fourth-order valence-electron chi connectivity index (χ4n) is 1.26. The van der Waals surface area contributed by atoms with Crippen molar-refractivity contribution < 1.29 is 18.3 Å². The van der Waals surface area contributed by atoms with Crippen LogP contribution in [0.1, 0.15) is 5.56 Å². The number of aromatic hydroxyl groups is 1. The van der Waals surface area contributed by atoms with Crippen LogP contribution in [0.4, 0.5) is 0 Å². The molecule has 96 valence electrons. The normalized spacial score (nSPS) is 11.4. The molecule has 0 spiro atoms. The lowest BCUT2D eigenvalue weighted by atomic mass is 10.2. The SMILES string of the molecule is COc1ccc(CNCCS(N)(=O)=O)c(O)c1. The van der Waals surface area contributed by atoms with E-state index >= 15 is 0 Å². The van der Waals surface area contributed by atoms with Crippen LogP contribution in [0.5, 0.6) is 11.5 Å². The number of ether oxygens (including phenoxy) is 1. The maximum atomic E-state index is 10.7. The Labute approximate surface area is 100 Å². The van der Waals surface area contributed by atoms with Gasteiger partial charge in [-0.15, -0.1) is 0 Å². The van der Waals surface area contributed by atoms with Crippen LogP contribution in [0.25, 0.3) is 0 Å². The molecule has 0 saturated heterocycles. The Morgan fingerprint density at radius 2 is 2.18 bits per heavy atom. The minimum Gasteiger partial charge on any atom is -0.507 e. The van der Waals surface area contributed by atoms with E-state index in [9.17, 15) is 13.5 Å². The molecule has 1 aromatic rings. The molecule has 0 amide bonds. The first-order chi connectivity index (χ1) is 7.92. The van der Waals surface area contributed by atoms with Crippen LogP contribution in [-0.2, 0) is 16.6 Å². The first-order valence-electron chi connectivity index (χ1n) is 4.99. The number of hydrogen-bond donors (Lipinski definition) is 3. The Bertz CT molecular complexity index is 473. The highest BCUT2D eigenvalue weighted by Crippen LogP contribution is 2.22. The Morgan fingerprint density at radius 1 is 1.47 bits per heavy atom. The minimum absolute atomic E-state index is 0.104. The van der Waals surface area contributed by atoms with Crippen molar-refractivity contribution in [1.29, 1.82) is 0 Å². The fraction of sp³-hybridized carbons (Fsp3) is 0.400. The Hall–Kier alpha value is -1.31. The summed E-state index contributed by atoms with van der Waals surface area (Å²) in [6.45, 7) is 0.607. The molecule has 1 rings (SSSR count). The number of hydrogen-bond acceptors (Lipinski definition) is 5. The smallest absolute Gasteiger partial charge is 0.210 e. The first-order valence-corrected chi connectivity index (χ1v) is 6.71. The molecule has 0 radical (unpaired) electrons. The summed E-state index contributed by atoms with van der Waals surface area (Å²) >= 11 is 0. The first kappa shape index (κ1) is 13.8. The van der Waals surface area contributed by atoms with Crippen LogP contribution in [-0.4, -0.2) is 32.9 Å². The standard InChI is InChI=1S/C10H16N2O4S/c1-16-9-3-2-8(10(13)6-9)7-12-4-5-17(11,14)15/h2-3,6,12-13H,4-5,7H2,1H3,(H2,11,14,15). The van der Waals surface area contributed by atoms with Gasteiger partial charge >= 0.3 is 0 Å². The molecule has 0 heterocycles. The van der Waals surface area contributed by atoms with Gasteiger partial charge in [0.1, 0.15) is 11.5 Å². The molecule has 0 fully saturated rings. The highest BCUT2D eigenvalue weighted by atomic mass is 32.2. The number of primary sulfonamides is 1. The molecule has 0 aliphatic rings. The second-order valence-electron chi connectivity index (χ2n) is 3.54. The lowest BCUT2D eigenvalue weighted by Crippen LogP contribution is -2.26. The quantitative estimate of drug-likeness (QED) is 0.614. The van der Waals surface area contributed by atoms with E-state index in [0.29, 0.717) is 17.9 Å². The molecule has 7 heteroatoms. The van der Waals surface area contributed by atoms with Crippen molar-refractivity contribution in [3.8, 4) is 11.5 Å². The van der Waals surface area contributed by atoms with Crippen molar-refractivity contribution in [3.05, 3.63) is 23.8 Å². The van der Waals surface area contributed by atoms with Crippen LogP contribution in [0.3, 0.4) is 0 Å². The molecule has 0 unspecified atom stereocenters. The number of phenolic OH excluding ortho intramolecular Hbond substituents is 1. The Balaban J connectivity index is 2.47. The number of phenols is 1. The van der Waals surface area contributed by atoms with Gasteiger partial charge in [-0.1, -0.05) is 6.07 Å². The molecule has 6 nitrogen and oxygen atoms in total. The maximum Gasteiger partial charge on any atom is 0.210 e. The number of methoxy groups -OCH3 is 1. The maximum absolute atomic E-state index is 10.7. The van der Waals surface area contributed by atoms with Gasteiger partial charge in [-0.05, 0) is 6.07 Å². The minimum atomic E-state index is -3.44. The third-order valence-corrected chi connectivity index (χ3v) is 2.94. The van der Waals surface area contributed by atoms with Gasteiger partial charge < -0.3 is 15.2 Å². The lowest BCUT2D eigenvalue weighted by Gasteiger charge is -2.07. The summed E-state index contributed by atoms with van der Waals surface area (Å²) in [5.41, 5.74) is 0.667. The van der Waals surface area contributed by atoms with E-state index in [4.69, 9.17) is 9.88 Å². The lowest BCUT2D eigenvalue weighted by molar-refractivity contribution is 0.406. The average molecular weight is 260 g/mol.